The third-order valence-electron chi connectivity index (χ3n) is 3.90. The molecule has 2 aromatic heterocycles. The van der Waals surface area contributed by atoms with Crippen LogP contribution in [0.2, 0.25) is 0 Å². The quantitative estimate of drug-likeness (QED) is 0.839. The molecule has 0 bridgehead atoms. The highest BCUT2D eigenvalue weighted by Crippen LogP contribution is 2.50. The molecule has 116 valence electrons. The number of aromatic carboxylic acids is 1. The van der Waals surface area contributed by atoms with Gasteiger partial charge in [-0.3, -0.25) is 4.79 Å². The van der Waals surface area contributed by atoms with Gasteiger partial charge in [0, 0.05) is 29.9 Å². The number of aromatic nitrogens is 2. The number of amides is 1. The fourth-order valence-corrected chi connectivity index (χ4v) is 3.31. The average molecular weight is 333 g/mol. The number of carbonyl (C=O) groups is 2. The van der Waals surface area contributed by atoms with E-state index in [2.05, 4.69) is 9.97 Å². The van der Waals surface area contributed by atoms with Crippen molar-refractivity contribution >= 4 is 30.0 Å². The van der Waals surface area contributed by atoms with Gasteiger partial charge in [0.1, 0.15) is 0 Å². The first-order valence-electron chi connectivity index (χ1n) is 6.57. The Balaban J connectivity index is 1.84. The normalized spacial score (nSPS) is 21.3. The van der Waals surface area contributed by atoms with Crippen molar-refractivity contribution in [1.82, 2.24) is 9.97 Å². The number of carbonyl (C=O) groups excluding carboxylic acids is 1. The SMILES string of the molecule is O=C(O)c1cnc2c(c1)CC1(O2)C(=O)N(SF)c2ncccc21. The van der Waals surface area contributed by atoms with Crippen LogP contribution in [0.25, 0.3) is 0 Å². The summed E-state index contributed by atoms with van der Waals surface area (Å²) in [5, 5.41) is 9.04. The predicted molar refractivity (Wildman–Crippen MR) is 77.6 cm³/mol. The van der Waals surface area contributed by atoms with Gasteiger partial charge in [-0.2, -0.15) is 0 Å². The number of halogens is 1. The maximum atomic E-state index is 13.2. The van der Waals surface area contributed by atoms with Crippen LogP contribution >= 0.6 is 12.3 Å². The van der Waals surface area contributed by atoms with Gasteiger partial charge >= 0.3 is 5.97 Å². The van der Waals surface area contributed by atoms with Crippen LogP contribution in [0.15, 0.2) is 30.6 Å². The van der Waals surface area contributed by atoms with Gasteiger partial charge in [0.25, 0.3) is 5.91 Å². The smallest absolute Gasteiger partial charge is 0.337 e. The molecule has 0 aromatic carbocycles. The second-order valence-corrected chi connectivity index (χ2v) is 5.65. The van der Waals surface area contributed by atoms with E-state index >= 15 is 0 Å². The first kappa shape index (κ1) is 13.9. The number of pyridine rings is 2. The molecule has 0 radical (unpaired) electrons. The van der Waals surface area contributed by atoms with Gasteiger partial charge in [-0.05, 0) is 18.2 Å². The van der Waals surface area contributed by atoms with Gasteiger partial charge in [-0.25, -0.2) is 19.1 Å². The lowest BCUT2D eigenvalue weighted by Crippen LogP contribution is -2.41. The summed E-state index contributed by atoms with van der Waals surface area (Å²) in [4.78, 5) is 31.7. The van der Waals surface area contributed by atoms with Crippen molar-refractivity contribution in [1.29, 1.82) is 0 Å². The monoisotopic (exact) mass is 333 g/mol. The van der Waals surface area contributed by atoms with Crippen LogP contribution in [0.5, 0.6) is 5.88 Å². The number of hydrogen-bond acceptors (Lipinski definition) is 6. The number of rotatable bonds is 2. The van der Waals surface area contributed by atoms with Crippen molar-refractivity contribution in [3.05, 3.63) is 47.3 Å². The van der Waals surface area contributed by atoms with Crippen molar-refractivity contribution < 1.29 is 23.3 Å². The summed E-state index contributed by atoms with van der Waals surface area (Å²) in [7, 11) is 0. The van der Waals surface area contributed by atoms with E-state index in [-0.39, 0.29) is 36.0 Å². The molecule has 2 aliphatic heterocycles. The molecule has 0 saturated heterocycles. The Morgan fingerprint density at radius 3 is 3.04 bits per heavy atom. The number of anilines is 1. The second kappa shape index (κ2) is 4.66. The standard InChI is InChI=1S/C14H8FN3O4S/c15-23-18-10-9(2-1-3-16-10)14(13(18)21)5-7-4-8(12(19)20)6-17-11(7)22-14/h1-4,6H,5H2,(H,19,20). The van der Waals surface area contributed by atoms with Crippen LogP contribution in [-0.4, -0.2) is 27.0 Å². The topological polar surface area (TPSA) is 92.6 Å². The Labute approximate surface area is 133 Å². The number of carboxylic acid groups (broad SMARTS) is 1. The lowest BCUT2D eigenvalue weighted by Gasteiger charge is -2.21. The van der Waals surface area contributed by atoms with Crippen LogP contribution in [0.3, 0.4) is 0 Å². The molecule has 1 unspecified atom stereocenters. The second-order valence-electron chi connectivity index (χ2n) is 5.14. The molecule has 4 rings (SSSR count). The Morgan fingerprint density at radius 1 is 1.48 bits per heavy atom. The van der Waals surface area contributed by atoms with Crippen molar-refractivity contribution in [3.63, 3.8) is 0 Å². The van der Waals surface area contributed by atoms with Crippen molar-refractivity contribution in [3.8, 4) is 5.88 Å². The fourth-order valence-electron chi connectivity index (χ4n) is 2.89. The van der Waals surface area contributed by atoms with Gasteiger partial charge in [0.2, 0.25) is 11.5 Å². The maximum absolute atomic E-state index is 13.2. The molecule has 0 fully saturated rings. The van der Waals surface area contributed by atoms with Gasteiger partial charge in [0.15, 0.2) is 18.2 Å². The highest BCUT2D eigenvalue weighted by molar-refractivity contribution is 7.96. The number of fused-ring (bicyclic) bond motifs is 3. The molecule has 9 heteroatoms. The Kier molecular flexibility index (Phi) is 2.82. The summed E-state index contributed by atoms with van der Waals surface area (Å²) in [6.45, 7) is 0. The van der Waals surface area contributed by atoms with Gasteiger partial charge < -0.3 is 9.84 Å². The minimum atomic E-state index is -1.45. The molecule has 2 aliphatic rings. The predicted octanol–water partition coefficient (Wildman–Crippen LogP) is 1.88. The Hall–Kier alpha value is -2.68. The zero-order valence-corrected chi connectivity index (χ0v) is 12.2. The maximum Gasteiger partial charge on any atom is 0.337 e. The van der Waals surface area contributed by atoms with Crippen LogP contribution in [0.1, 0.15) is 21.5 Å². The molecule has 1 atom stereocenters. The molecular formula is C14H8FN3O4S. The van der Waals surface area contributed by atoms with Crippen LogP contribution in [0, 0.1) is 0 Å². The van der Waals surface area contributed by atoms with Crippen molar-refractivity contribution in [2.24, 2.45) is 0 Å². The summed E-state index contributed by atoms with van der Waals surface area (Å²) < 4.78 is 19.8. The lowest BCUT2D eigenvalue weighted by molar-refractivity contribution is -0.130. The zero-order valence-electron chi connectivity index (χ0n) is 11.4. The molecule has 0 aliphatic carbocycles. The fraction of sp³-hybridized carbons (Fsp3) is 0.143. The third kappa shape index (κ3) is 1.76. The average Bonchev–Trinajstić information content (AvgIpc) is 3.04. The van der Waals surface area contributed by atoms with E-state index in [4.69, 9.17) is 9.84 Å². The van der Waals surface area contributed by atoms with Gasteiger partial charge in [-0.1, -0.05) is 0 Å². The summed E-state index contributed by atoms with van der Waals surface area (Å²) in [6.07, 6.45) is 2.69. The van der Waals surface area contributed by atoms with Crippen LogP contribution < -0.4 is 9.04 Å². The third-order valence-corrected chi connectivity index (χ3v) is 4.37. The molecule has 1 N–H and O–H groups in total. The summed E-state index contributed by atoms with van der Waals surface area (Å²) in [5.74, 6) is -1.38. The molecule has 23 heavy (non-hydrogen) atoms. The molecule has 0 saturated carbocycles. The number of nitrogens with zero attached hydrogens (tertiary/aromatic N) is 3. The van der Waals surface area contributed by atoms with Crippen molar-refractivity contribution in [2.75, 3.05) is 4.31 Å². The number of hydrogen-bond donors (Lipinski definition) is 1. The molecular weight excluding hydrogens is 325 g/mol. The van der Waals surface area contributed by atoms with E-state index in [1.807, 2.05) is 0 Å². The highest BCUT2D eigenvalue weighted by atomic mass is 32.2. The number of ether oxygens (including phenoxy) is 1. The highest BCUT2D eigenvalue weighted by Gasteiger charge is 2.58. The first-order valence-corrected chi connectivity index (χ1v) is 7.24. The van der Waals surface area contributed by atoms with E-state index in [1.54, 1.807) is 12.1 Å². The largest absolute Gasteiger partial charge is 0.478 e. The van der Waals surface area contributed by atoms with Crippen LogP contribution in [-0.2, 0) is 16.8 Å². The summed E-state index contributed by atoms with van der Waals surface area (Å²) in [5.41, 5.74) is -0.531. The molecule has 7 nitrogen and oxygen atoms in total. The molecule has 1 spiro atoms. The van der Waals surface area contributed by atoms with Crippen LogP contribution in [0.4, 0.5) is 9.70 Å². The van der Waals surface area contributed by atoms with E-state index in [0.717, 1.165) is 10.5 Å². The number of carboxylic acids is 1. The van der Waals surface area contributed by atoms with Crippen molar-refractivity contribution in [2.45, 2.75) is 12.0 Å². The van der Waals surface area contributed by atoms with E-state index in [1.165, 1.54) is 12.3 Å². The molecule has 2 aromatic rings. The molecule has 1 amide bonds. The molecule has 4 heterocycles. The zero-order chi connectivity index (χ0) is 16.2. The minimum Gasteiger partial charge on any atom is -0.478 e. The minimum absolute atomic E-state index is 0.00187. The van der Waals surface area contributed by atoms with Gasteiger partial charge in [-0.15, -0.1) is 3.89 Å². The summed E-state index contributed by atoms with van der Waals surface area (Å²) >= 11 is -0.242. The lowest BCUT2D eigenvalue weighted by atomic mass is 9.91. The Bertz CT molecular complexity index is 862. The first-order chi connectivity index (χ1) is 11.1. The van der Waals surface area contributed by atoms with E-state index in [9.17, 15) is 13.5 Å². The summed E-state index contributed by atoms with van der Waals surface area (Å²) in [6, 6.07) is 4.68. The van der Waals surface area contributed by atoms with E-state index < -0.39 is 17.5 Å². The van der Waals surface area contributed by atoms with E-state index in [0.29, 0.717) is 11.1 Å². The van der Waals surface area contributed by atoms with Gasteiger partial charge in [0.05, 0.1) is 5.56 Å². The Morgan fingerprint density at radius 2 is 2.30 bits per heavy atom.